The lowest BCUT2D eigenvalue weighted by Crippen LogP contribution is -2.17. The first kappa shape index (κ1) is 46.6. The third kappa shape index (κ3) is 7.24. The lowest BCUT2D eigenvalue weighted by atomic mass is 9.70. The third-order valence-corrected chi connectivity index (χ3v) is 17.4. The number of hydrogen-bond donors (Lipinski definition) is 0. The van der Waals surface area contributed by atoms with Gasteiger partial charge in [-0.05, 0) is 135 Å². The van der Waals surface area contributed by atoms with E-state index in [1.807, 2.05) is 17.5 Å². The monoisotopic (exact) mass is 1000 g/mol. The van der Waals surface area contributed by atoms with Gasteiger partial charge in [-0.25, -0.2) is 0 Å². The van der Waals surface area contributed by atoms with Crippen molar-refractivity contribution in [1.82, 2.24) is 4.98 Å². The Morgan fingerprint density at radius 2 is 0.766 bits per heavy atom. The van der Waals surface area contributed by atoms with Gasteiger partial charge in [0.15, 0.2) is 0 Å². The highest BCUT2D eigenvalue weighted by Crippen LogP contribution is 2.56. The predicted octanol–water partition coefficient (Wildman–Crippen LogP) is 20.9. The number of nitrogens with zero attached hydrogens (tertiary/aromatic N) is 2. The zero-order valence-corrected chi connectivity index (χ0v) is 44.9. The Morgan fingerprint density at radius 3 is 1.36 bits per heavy atom. The van der Waals surface area contributed by atoms with Crippen LogP contribution in [0.2, 0.25) is 0 Å². The van der Waals surface area contributed by atoms with Gasteiger partial charge in [-0.3, -0.25) is 4.98 Å². The van der Waals surface area contributed by atoms with E-state index in [2.05, 4.69) is 260 Å². The largest absolute Gasteiger partial charge is 0.256 e. The normalized spacial score (nSPS) is 12.3. The molecule has 2 aliphatic rings. The molecule has 0 saturated carbocycles. The van der Waals surface area contributed by atoms with Crippen molar-refractivity contribution in [2.24, 2.45) is 0 Å². The van der Waals surface area contributed by atoms with Crippen LogP contribution in [-0.4, -0.2) is 4.98 Å². The van der Waals surface area contributed by atoms with Gasteiger partial charge in [0.1, 0.15) is 6.07 Å². The minimum Gasteiger partial charge on any atom is -0.256 e. The van der Waals surface area contributed by atoms with Crippen molar-refractivity contribution >= 4 is 31.5 Å². The van der Waals surface area contributed by atoms with Gasteiger partial charge in [0, 0.05) is 48.6 Å². The Labute approximate surface area is 455 Å². The average molecular weight is 1000 g/mol. The zero-order valence-electron chi connectivity index (χ0n) is 44.1. The van der Waals surface area contributed by atoms with Gasteiger partial charge in [-0.15, -0.1) is 11.3 Å². The van der Waals surface area contributed by atoms with E-state index >= 15 is 0 Å². The fraction of sp³-hybridized carbons (Fsp3) is 0.108. The third-order valence-electron chi connectivity index (χ3n) is 16.2. The second-order valence-electron chi connectivity index (χ2n) is 22.8. The Hall–Kier alpha value is -8.94. The molecule has 0 unspecified atom stereocenters. The zero-order chi connectivity index (χ0) is 52.3. The van der Waals surface area contributed by atoms with Gasteiger partial charge in [0.2, 0.25) is 0 Å². The van der Waals surface area contributed by atoms with Crippen LogP contribution in [0.25, 0.3) is 143 Å². The van der Waals surface area contributed by atoms with Crippen LogP contribution in [0.5, 0.6) is 0 Å². The first-order valence-electron chi connectivity index (χ1n) is 26.8. The fourth-order valence-electron chi connectivity index (χ4n) is 13.1. The highest BCUT2D eigenvalue weighted by Gasteiger charge is 2.34. The first-order chi connectivity index (χ1) is 37.5. The van der Waals surface area contributed by atoms with Crippen LogP contribution in [0.3, 0.4) is 0 Å². The van der Waals surface area contributed by atoms with E-state index in [0.717, 1.165) is 50.2 Å². The minimum absolute atomic E-state index is 0.339. The second-order valence-corrected chi connectivity index (χ2v) is 23.8. The highest BCUT2D eigenvalue weighted by atomic mass is 32.1. The number of hydrogen-bond acceptors (Lipinski definition) is 3. The number of fused-ring (bicyclic) bond motifs is 19. The van der Waals surface area contributed by atoms with E-state index in [9.17, 15) is 5.26 Å². The molecule has 2 aromatic heterocycles. The Kier molecular flexibility index (Phi) is 10.6. The van der Waals surface area contributed by atoms with Crippen LogP contribution < -0.4 is 0 Å². The van der Waals surface area contributed by atoms with Crippen molar-refractivity contribution < 1.29 is 0 Å². The molecule has 2 heterocycles. The lowest BCUT2D eigenvalue weighted by molar-refractivity contribution is 0.594. The summed E-state index contributed by atoms with van der Waals surface area (Å²) in [6, 6.07) is 80.9. The lowest BCUT2D eigenvalue weighted by Gasteiger charge is -2.33. The summed E-state index contributed by atoms with van der Waals surface area (Å²) in [4.78, 5) is 5.08. The van der Waals surface area contributed by atoms with Crippen LogP contribution in [0, 0.1) is 11.3 Å². The van der Waals surface area contributed by atoms with Crippen LogP contribution >= 0.6 is 11.3 Å². The Balaban J connectivity index is 1.02. The quantitative estimate of drug-likeness (QED) is 0.177. The van der Waals surface area contributed by atoms with E-state index in [1.54, 1.807) is 0 Å². The molecule has 0 amide bonds. The molecule has 77 heavy (non-hydrogen) atoms. The summed E-state index contributed by atoms with van der Waals surface area (Å²) in [6.45, 7) is 13.9. The van der Waals surface area contributed by atoms with Crippen molar-refractivity contribution in [2.75, 3.05) is 0 Å². The van der Waals surface area contributed by atoms with Gasteiger partial charge < -0.3 is 0 Å². The van der Waals surface area contributed by atoms with Gasteiger partial charge in [-0.2, -0.15) is 5.26 Å². The van der Waals surface area contributed by atoms with Crippen molar-refractivity contribution in [3.8, 4) is 129 Å². The molecule has 0 N–H and O–H groups in total. The molecule has 0 aliphatic heterocycles. The second kappa shape index (κ2) is 17.6. The van der Waals surface area contributed by atoms with Gasteiger partial charge in [0.05, 0.1) is 11.3 Å². The molecule has 366 valence electrons. The van der Waals surface area contributed by atoms with Gasteiger partial charge in [0.25, 0.3) is 0 Å². The predicted molar refractivity (Wildman–Crippen MR) is 326 cm³/mol. The molecule has 10 aromatic carbocycles. The van der Waals surface area contributed by atoms with Crippen LogP contribution in [0.4, 0.5) is 0 Å². The summed E-state index contributed by atoms with van der Waals surface area (Å²) in [7, 11) is 0. The minimum atomic E-state index is -0.354. The van der Waals surface area contributed by atoms with Crippen molar-refractivity contribution in [1.29, 1.82) is 5.26 Å². The highest BCUT2D eigenvalue weighted by molar-refractivity contribution is 7.26. The molecule has 12 aromatic rings. The smallest absolute Gasteiger partial charge is 0.100 e. The Morgan fingerprint density at radius 1 is 0.351 bits per heavy atom. The first-order valence-corrected chi connectivity index (χ1v) is 27.6. The molecule has 2 nitrogen and oxygen atoms in total. The summed E-state index contributed by atoms with van der Waals surface area (Å²) >= 11 is 1.88. The molecule has 0 bridgehead atoms. The van der Waals surface area contributed by atoms with E-state index in [-0.39, 0.29) is 10.8 Å². The number of thiophene rings is 1. The molecule has 14 rings (SSSR count). The summed E-state index contributed by atoms with van der Waals surface area (Å²) in [5.74, 6) is 0. The van der Waals surface area contributed by atoms with Gasteiger partial charge >= 0.3 is 0 Å². The summed E-state index contributed by atoms with van der Waals surface area (Å²) < 4.78 is 2.61. The molecule has 0 fully saturated rings. The van der Waals surface area contributed by atoms with Crippen LogP contribution in [0.1, 0.15) is 58.2 Å². The van der Waals surface area contributed by atoms with E-state index in [0.29, 0.717) is 5.56 Å². The van der Waals surface area contributed by atoms with Crippen LogP contribution in [-0.2, 0) is 10.8 Å². The van der Waals surface area contributed by atoms with E-state index in [1.165, 1.54) is 104 Å². The molecule has 0 radical (unpaired) electrons. The summed E-state index contributed by atoms with van der Waals surface area (Å²) in [6.07, 6.45) is 1.91. The number of pyridine rings is 1. The topological polar surface area (TPSA) is 36.7 Å². The van der Waals surface area contributed by atoms with E-state index < -0.39 is 0 Å². The molecule has 3 heteroatoms. The number of rotatable bonds is 3. The molecular weight excluding hydrogens is 949 g/mol. The van der Waals surface area contributed by atoms with Crippen molar-refractivity contribution in [3.63, 3.8) is 0 Å². The molecular formula is C74H54N2S. The van der Waals surface area contributed by atoms with E-state index in [4.69, 9.17) is 4.98 Å². The van der Waals surface area contributed by atoms with Crippen molar-refractivity contribution in [2.45, 2.75) is 52.4 Å². The maximum Gasteiger partial charge on any atom is 0.100 e. The van der Waals surface area contributed by atoms with Gasteiger partial charge in [-0.1, -0.05) is 236 Å². The summed E-state index contributed by atoms with van der Waals surface area (Å²) in [5, 5.41) is 14.4. The SMILES string of the molecule is CC(C)(C)c1c(-c2cccc(-c3ccc4c(c3C(C)(C)C)-c3ccccc3-c3ccccc3-c3ncccc3-4)c2C#N)ccc2c1-c1ccccc1-c1ccccc1-c1cc(-c3cccc4c3sc3ccccc34)ccc1-2. The standard InChI is InChI=1S/C74H54N2S/c1-73(2,3)69-59(51-30-18-31-52(65(51)43-75)60-40-38-58-62-33-19-41-76-71(62)61-28-14-11-23-49(61)48-22-10-13-27-56(48)68(58)70(60)74(4,5)6)39-37-57-53-36-35-44(45-29-17-32-63-54-25-15-16-34-66(54)77-72(45)63)42-64(53)50-24-8-7-20-46(50)47-21-9-12-26-55(47)67(57)69/h7-42H,1-6H3. The maximum atomic E-state index is 11.8. The Bertz CT molecular complexity index is 4480. The number of nitriles is 1. The molecule has 2 aliphatic carbocycles. The summed E-state index contributed by atoms with van der Waals surface area (Å²) in [5.41, 5.74) is 27.4. The van der Waals surface area contributed by atoms with Crippen molar-refractivity contribution in [3.05, 3.63) is 235 Å². The molecule has 0 atom stereocenters. The van der Waals surface area contributed by atoms with Crippen LogP contribution in [0.15, 0.2) is 219 Å². The molecule has 0 saturated heterocycles. The number of aromatic nitrogens is 1. The molecule has 0 spiro atoms. The maximum absolute atomic E-state index is 11.8. The fourth-order valence-corrected chi connectivity index (χ4v) is 14.3. The average Bonchev–Trinajstić information content (AvgIpc) is 3.84. The number of benzene rings is 10.